The zero-order valence-corrected chi connectivity index (χ0v) is 10.9. The van der Waals surface area contributed by atoms with E-state index < -0.39 is 0 Å². The van der Waals surface area contributed by atoms with Crippen molar-refractivity contribution in [3.8, 4) is 0 Å². The van der Waals surface area contributed by atoms with E-state index in [1.54, 1.807) is 17.0 Å². The van der Waals surface area contributed by atoms with Gasteiger partial charge in [-0.25, -0.2) is 0 Å². The van der Waals surface area contributed by atoms with Gasteiger partial charge in [0.1, 0.15) is 0 Å². The average Bonchev–Trinajstić information content (AvgIpc) is 2.40. The zero-order chi connectivity index (χ0) is 14.1. The van der Waals surface area contributed by atoms with Crippen molar-refractivity contribution in [2.24, 2.45) is 5.73 Å². The molecule has 0 bridgehead atoms. The molecule has 0 radical (unpaired) electrons. The van der Waals surface area contributed by atoms with Gasteiger partial charge < -0.3 is 21.3 Å². The smallest absolute Gasteiger partial charge is 0.238 e. The molecule has 6 heteroatoms. The molecule has 1 rings (SSSR count). The number of hydrogen-bond donors (Lipinski definition) is 4. The van der Waals surface area contributed by atoms with Gasteiger partial charge in [0.2, 0.25) is 5.91 Å². The SMILES string of the molecule is NCc1ccc(NC(=O)CN(CCO)CCO)cc1. The van der Waals surface area contributed by atoms with Gasteiger partial charge in [-0.1, -0.05) is 12.1 Å². The molecule has 0 aromatic heterocycles. The predicted molar refractivity (Wildman–Crippen MR) is 73.6 cm³/mol. The van der Waals surface area contributed by atoms with Crippen molar-refractivity contribution >= 4 is 11.6 Å². The minimum Gasteiger partial charge on any atom is -0.395 e. The molecule has 0 fully saturated rings. The molecule has 0 heterocycles. The van der Waals surface area contributed by atoms with Gasteiger partial charge in [0.15, 0.2) is 0 Å². The molecule has 1 aromatic rings. The summed E-state index contributed by atoms with van der Waals surface area (Å²) in [6.45, 7) is 1.24. The number of nitrogens with one attached hydrogen (secondary N) is 1. The molecule has 1 aromatic carbocycles. The van der Waals surface area contributed by atoms with Crippen molar-refractivity contribution < 1.29 is 15.0 Å². The van der Waals surface area contributed by atoms with Crippen LogP contribution in [0, 0.1) is 0 Å². The van der Waals surface area contributed by atoms with Crippen LogP contribution in [0.15, 0.2) is 24.3 Å². The quantitative estimate of drug-likeness (QED) is 0.503. The van der Waals surface area contributed by atoms with Gasteiger partial charge in [0.25, 0.3) is 0 Å². The lowest BCUT2D eigenvalue weighted by atomic mass is 10.2. The Bertz CT molecular complexity index is 375. The van der Waals surface area contributed by atoms with Crippen molar-refractivity contribution in [1.82, 2.24) is 4.90 Å². The number of hydrogen-bond acceptors (Lipinski definition) is 5. The van der Waals surface area contributed by atoms with Gasteiger partial charge in [0.05, 0.1) is 19.8 Å². The fourth-order valence-electron chi connectivity index (χ4n) is 1.68. The van der Waals surface area contributed by atoms with Crippen LogP contribution in [0.1, 0.15) is 5.56 Å². The summed E-state index contributed by atoms with van der Waals surface area (Å²) in [5, 5.41) is 20.5. The molecule has 106 valence electrons. The summed E-state index contributed by atoms with van der Waals surface area (Å²) >= 11 is 0. The molecule has 19 heavy (non-hydrogen) atoms. The van der Waals surface area contributed by atoms with Crippen LogP contribution >= 0.6 is 0 Å². The number of nitrogens with zero attached hydrogens (tertiary/aromatic N) is 1. The van der Waals surface area contributed by atoms with Gasteiger partial charge >= 0.3 is 0 Å². The first-order chi connectivity index (χ1) is 9.19. The highest BCUT2D eigenvalue weighted by molar-refractivity contribution is 5.92. The second-order valence-electron chi connectivity index (χ2n) is 4.17. The molecule has 5 N–H and O–H groups in total. The highest BCUT2D eigenvalue weighted by Gasteiger charge is 2.09. The maximum atomic E-state index is 11.8. The lowest BCUT2D eigenvalue weighted by molar-refractivity contribution is -0.117. The van der Waals surface area contributed by atoms with Gasteiger partial charge in [-0.2, -0.15) is 0 Å². The van der Waals surface area contributed by atoms with Gasteiger partial charge in [-0.3, -0.25) is 9.69 Å². The summed E-state index contributed by atoms with van der Waals surface area (Å²) in [5.74, 6) is -0.178. The molecule has 0 aliphatic heterocycles. The Labute approximate surface area is 112 Å². The van der Waals surface area contributed by atoms with Crippen molar-refractivity contribution in [2.75, 3.05) is 38.2 Å². The van der Waals surface area contributed by atoms with Gasteiger partial charge in [-0.05, 0) is 17.7 Å². The minimum absolute atomic E-state index is 0.0432. The third-order valence-electron chi connectivity index (χ3n) is 2.67. The van der Waals surface area contributed by atoms with Crippen molar-refractivity contribution in [2.45, 2.75) is 6.54 Å². The highest BCUT2D eigenvalue weighted by Crippen LogP contribution is 2.09. The van der Waals surface area contributed by atoms with Crippen LogP contribution in [0.4, 0.5) is 5.69 Å². The number of aliphatic hydroxyl groups is 2. The molecular weight excluding hydrogens is 246 g/mol. The molecule has 0 unspecified atom stereocenters. The van der Waals surface area contributed by atoms with Crippen molar-refractivity contribution in [3.63, 3.8) is 0 Å². The summed E-state index contributed by atoms with van der Waals surface area (Å²) in [7, 11) is 0. The molecule has 0 aliphatic rings. The van der Waals surface area contributed by atoms with Crippen LogP contribution in [0.3, 0.4) is 0 Å². The van der Waals surface area contributed by atoms with E-state index in [1.807, 2.05) is 12.1 Å². The first-order valence-corrected chi connectivity index (χ1v) is 6.22. The van der Waals surface area contributed by atoms with Crippen molar-refractivity contribution in [3.05, 3.63) is 29.8 Å². The third-order valence-corrected chi connectivity index (χ3v) is 2.67. The molecule has 6 nitrogen and oxygen atoms in total. The summed E-state index contributed by atoms with van der Waals surface area (Å²) in [4.78, 5) is 13.5. The average molecular weight is 267 g/mol. The second kappa shape index (κ2) is 8.60. The van der Waals surface area contributed by atoms with E-state index in [2.05, 4.69) is 5.32 Å². The molecule has 1 amide bonds. The lowest BCUT2D eigenvalue weighted by Crippen LogP contribution is -2.37. The highest BCUT2D eigenvalue weighted by atomic mass is 16.3. The predicted octanol–water partition coefficient (Wildman–Crippen LogP) is -0.630. The number of carbonyl (C=O) groups is 1. The Morgan fingerprint density at radius 3 is 2.21 bits per heavy atom. The normalized spacial score (nSPS) is 10.7. The number of aliphatic hydroxyl groups excluding tert-OH is 2. The number of benzene rings is 1. The lowest BCUT2D eigenvalue weighted by Gasteiger charge is -2.19. The molecular formula is C13H21N3O3. The second-order valence-corrected chi connectivity index (χ2v) is 4.17. The van der Waals surface area contributed by atoms with Crippen LogP contribution < -0.4 is 11.1 Å². The fourth-order valence-corrected chi connectivity index (χ4v) is 1.68. The monoisotopic (exact) mass is 267 g/mol. The van der Waals surface area contributed by atoms with E-state index in [0.29, 0.717) is 25.3 Å². The Kier molecular flexibility index (Phi) is 7.06. The van der Waals surface area contributed by atoms with Crippen LogP contribution in [-0.4, -0.2) is 53.9 Å². The first-order valence-electron chi connectivity index (χ1n) is 6.22. The zero-order valence-electron chi connectivity index (χ0n) is 10.9. The third kappa shape index (κ3) is 5.80. The van der Waals surface area contributed by atoms with E-state index in [-0.39, 0.29) is 25.7 Å². The summed E-state index contributed by atoms with van der Waals surface area (Å²) < 4.78 is 0. The largest absolute Gasteiger partial charge is 0.395 e. The number of carbonyl (C=O) groups excluding carboxylic acids is 1. The van der Waals surface area contributed by atoms with Crippen LogP contribution in [-0.2, 0) is 11.3 Å². The van der Waals surface area contributed by atoms with Gasteiger partial charge in [0, 0.05) is 25.3 Å². The molecule has 0 atom stereocenters. The van der Waals surface area contributed by atoms with Crippen LogP contribution in [0.25, 0.3) is 0 Å². The Balaban J connectivity index is 2.48. The Morgan fingerprint density at radius 2 is 1.74 bits per heavy atom. The Hall–Kier alpha value is -1.47. The standard InChI is InChI=1S/C13H21N3O3/c14-9-11-1-3-12(4-2-11)15-13(19)10-16(5-7-17)6-8-18/h1-4,17-18H,5-10,14H2,(H,15,19). The number of anilines is 1. The molecule has 0 saturated carbocycles. The minimum atomic E-state index is -0.178. The number of amides is 1. The topological polar surface area (TPSA) is 98.8 Å². The molecule has 0 aliphatic carbocycles. The summed E-state index contributed by atoms with van der Waals surface area (Å²) in [5.41, 5.74) is 7.20. The van der Waals surface area contributed by atoms with E-state index in [0.717, 1.165) is 5.56 Å². The molecule has 0 spiro atoms. The summed E-state index contributed by atoms with van der Waals surface area (Å²) in [6, 6.07) is 7.30. The Morgan fingerprint density at radius 1 is 1.16 bits per heavy atom. The van der Waals surface area contributed by atoms with E-state index in [9.17, 15) is 4.79 Å². The van der Waals surface area contributed by atoms with Crippen LogP contribution in [0.5, 0.6) is 0 Å². The van der Waals surface area contributed by atoms with Crippen LogP contribution in [0.2, 0.25) is 0 Å². The number of nitrogens with two attached hydrogens (primary N) is 1. The first kappa shape index (κ1) is 15.6. The summed E-state index contributed by atoms with van der Waals surface area (Å²) in [6.07, 6.45) is 0. The maximum absolute atomic E-state index is 11.8. The van der Waals surface area contributed by atoms with E-state index in [1.165, 1.54) is 0 Å². The van der Waals surface area contributed by atoms with E-state index in [4.69, 9.17) is 15.9 Å². The van der Waals surface area contributed by atoms with E-state index >= 15 is 0 Å². The molecule has 0 saturated heterocycles. The maximum Gasteiger partial charge on any atom is 0.238 e. The van der Waals surface area contributed by atoms with Gasteiger partial charge in [-0.15, -0.1) is 0 Å². The fraction of sp³-hybridized carbons (Fsp3) is 0.462. The van der Waals surface area contributed by atoms with Crippen molar-refractivity contribution in [1.29, 1.82) is 0 Å². The number of rotatable bonds is 8.